The van der Waals surface area contributed by atoms with Gasteiger partial charge in [-0.1, -0.05) is 68.3 Å². The molecule has 2 aromatic carbocycles. The van der Waals surface area contributed by atoms with E-state index >= 15 is 0 Å². The van der Waals surface area contributed by atoms with Crippen LogP contribution in [0.5, 0.6) is 0 Å². The van der Waals surface area contributed by atoms with Gasteiger partial charge in [-0.25, -0.2) is 0 Å². The molecule has 0 aliphatic rings. The van der Waals surface area contributed by atoms with E-state index < -0.39 is 6.04 Å². The predicted octanol–water partition coefficient (Wildman–Crippen LogP) is 5.61. The largest absolute Gasteiger partial charge is 0.354 e. The summed E-state index contributed by atoms with van der Waals surface area (Å²) in [6.45, 7) is 7.17. The maximum Gasteiger partial charge on any atom is 0.242 e. The molecule has 4 nitrogen and oxygen atoms in total. The number of hydrogen-bond donors (Lipinski definition) is 1. The van der Waals surface area contributed by atoms with E-state index in [1.165, 1.54) is 0 Å². The van der Waals surface area contributed by atoms with Gasteiger partial charge in [0, 0.05) is 23.9 Å². The minimum Gasteiger partial charge on any atom is -0.354 e. The van der Waals surface area contributed by atoms with Crippen molar-refractivity contribution in [2.75, 3.05) is 12.3 Å². The zero-order chi connectivity index (χ0) is 22.6. The van der Waals surface area contributed by atoms with E-state index in [1.807, 2.05) is 62.4 Å². The zero-order valence-electron chi connectivity index (χ0n) is 18.7. The summed E-state index contributed by atoms with van der Waals surface area (Å²) in [4.78, 5) is 27.9. The van der Waals surface area contributed by atoms with Crippen LogP contribution in [0.2, 0.25) is 5.02 Å². The van der Waals surface area contributed by atoms with Gasteiger partial charge < -0.3 is 10.2 Å². The SMILES string of the molecule is CCCCNC(=O)C(CC)N(Cc1ccccc1C)C(=O)CSCc1ccc(Cl)cc1. The Balaban J connectivity index is 2.10. The van der Waals surface area contributed by atoms with Crippen molar-refractivity contribution in [2.45, 2.75) is 58.4 Å². The van der Waals surface area contributed by atoms with E-state index in [0.29, 0.717) is 30.3 Å². The third kappa shape index (κ3) is 8.23. The van der Waals surface area contributed by atoms with Crippen LogP contribution in [0.1, 0.15) is 49.8 Å². The molecule has 0 fully saturated rings. The van der Waals surface area contributed by atoms with Crippen molar-refractivity contribution in [3.05, 3.63) is 70.2 Å². The molecular weight excluding hydrogens is 428 g/mol. The van der Waals surface area contributed by atoms with Gasteiger partial charge in [0.15, 0.2) is 0 Å². The number of hydrogen-bond acceptors (Lipinski definition) is 3. The fourth-order valence-corrected chi connectivity index (χ4v) is 4.31. The number of aryl methyl sites for hydroxylation is 1. The van der Waals surface area contributed by atoms with Crippen LogP contribution in [0.4, 0.5) is 0 Å². The van der Waals surface area contributed by atoms with Gasteiger partial charge >= 0.3 is 0 Å². The number of nitrogens with one attached hydrogen (secondary N) is 1. The Hall–Kier alpha value is -1.98. The highest BCUT2D eigenvalue weighted by Gasteiger charge is 2.28. The summed E-state index contributed by atoms with van der Waals surface area (Å²) in [5, 5.41) is 3.71. The van der Waals surface area contributed by atoms with E-state index in [0.717, 1.165) is 35.3 Å². The molecular formula is C25H33ClN2O2S. The van der Waals surface area contributed by atoms with Gasteiger partial charge in [0.25, 0.3) is 0 Å². The molecule has 6 heteroatoms. The zero-order valence-corrected chi connectivity index (χ0v) is 20.3. The molecule has 2 aromatic rings. The second-order valence-corrected chi connectivity index (χ2v) is 9.06. The Morgan fingerprint density at radius 1 is 1.10 bits per heavy atom. The minimum atomic E-state index is -0.472. The Kier molecular flexibility index (Phi) is 11.0. The van der Waals surface area contributed by atoms with Crippen LogP contribution in [-0.2, 0) is 21.9 Å². The molecule has 0 heterocycles. The summed E-state index contributed by atoms with van der Waals surface area (Å²) in [5.74, 6) is 0.966. The Labute approximate surface area is 195 Å². The molecule has 1 atom stereocenters. The number of benzene rings is 2. The number of thioether (sulfide) groups is 1. The Bertz CT molecular complexity index is 842. The minimum absolute atomic E-state index is 0.0142. The van der Waals surface area contributed by atoms with Crippen molar-refractivity contribution >= 4 is 35.2 Å². The number of carbonyl (C=O) groups is 2. The Morgan fingerprint density at radius 3 is 2.45 bits per heavy atom. The fraction of sp³-hybridized carbons (Fsp3) is 0.440. The first-order valence-corrected chi connectivity index (χ1v) is 12.4. The number of amides is 2. The highest BCUT2D eigenvalue weighted by Crippen LogP contribution is 2.19. The van der Waals surface area contributed by atoms with E-state index in [9.17, 15) is 9.59 Å². The van der Waals surface area contributed by atoms with E-state index in [4.69, 9.17) is 11.6 Å². The molecule has 0 bridgehead atoms. The normalized spacial score (nSPS) is 11.7. The fourth-order valence-electron chi connectivity index (χ4n) is 3.32. The molecule has 168 valence electrons. The van der Waals surface area contributed by atoms with Crippen LogP contribution in [0, 0.1) is 6.92 Å². The lowest BCUT2D eigenvalue weighted by Gasteiger charge is -2.31. The Morgan fingerprint density at radius 2 is 1.81 bits per heavy atom. The average molecular weight is 461 g/mol. The number of unbranched alkanes of at least 4 members (excludes halogenated alkanes) is 1. The van der Waals surface area contributed by atoms with Gasteiger partial charge in [0.2, 0.25) is 11.8 Å². The van der Waals surface area contributed by atoms with Crippen LogP contribution in [0.3, 0.4) is 0 Å². The van der Waals surface area contributed by atoms with E-state index in [2.05, 4.69) is 12.2 Å². The molecule has 1 unspecified atom stereocenters. The first-order chi connectivity index (χ1) is 15.0. The third-order valence-corrected chi connectivity index (χ3v) is 6.47. The second-order valence-electron chi connectivity index (χ2n) is 7.64. The molecule has 0 saturated heterocycles. The smallest absolute Gasteiger partial charge is 0.242 e. The molecule has 31 heavy (non-hydrogen) atoms. The van der Waals surface area contributed by atoms with Crippen molar-refractivity contribution < 1.29 is 9.59 Å². The predicted molar refractivity (Wildman–Crippen MR) is 131 cm³/mol. The number of nitrogens with zero attached hydrogens (tertiary/aromatic N) is 1. The lowest BCUT2D eigenvalue weighted by Crippen LogP contribution is -2.49. The first kappa shape index (κ1) is 25.3. The van der Waals surface area contributed by atoms with Gasteiger partial charge in [0.05, 0.1) is 5.75 Å². The maximum atomic E-state index is 13.2. The van der Waals surface area contributed by atoms with Gasteiger partial charge in [-0.3, -0.25) is 9.59 Å². The lowest BCUT2D eigenvalue weighted by molar-refractivity contribution is -0.139. The molecule has 1 N–H and O–H groups in total. The van der Waals surface area contributed by atoms with Crippen LogP contribution >= 0.6 is 23.4 Å². The quantitative estimate of drug-likeness (QED) is 0.419. The molecule has 2 rings (SSSR count). The third-order valence-electron chi connectivity index (χ3n) is 5.22. The van der Waals surface area contributed by atoms with Gasteiger partial charge in [-0.2, -0.15) is 0 Å². The molecule has 0 radical (unpaired) electrons. The topological polar surface area (TPSA) is 49.4 Å². The molecule has 0 aliphatic carbocycles. The number of halogens is 1. The summed E-state index contributed by atoms with van der Waals surface area (Å²) in [5.41, 5.74) is 3.31. The molecule has 0 aromatic heterocycles. The van der Waals surface area contributed by atoms with Crippen LogP contribution < -0.4 is 5.32 Å². The van der Waals surface area contributed by atoms with Gasteiger partial charge in [-0.05, 0) is 48.6 Å². The molecule has 0 saturated carbocycles. The standard InChI is InChI=1S/C25H33ClN2O2S/c1-4-6-15-27-25(30)23(5-2)28(16-21-10-8-7-9-19(21)3)24(29)18-31-17-20-11-13-22(26)14-12-20/h7-14,23H,4-6,15-18H2,1-3H3,(H,27,30). The molecule has 0 spiro atoms. The lowest BCUT2D eigenvalue weighted by atomic mass is 10.1. The summed E-state index contributed by atoms with van der Waals surface area (Å²) < 4.78 is 0. The van der Waals surface area contributed by atoms with Crippen molar-refractivity contribution in [3.63, 3.8) is 0 Å². The summed E-state index contributed by atoms with van der Waals surface area (Å²) in [6, 6.07) is 15.2. The van der Waals surface area contributed by atoms with E-state index in [-0.39, 0.29) is 11.8 Å². The molecule has 2 amide bonds. The van der Waals surface area contributed by atoms with Gasteiger partial charge in [0.1, 0.15) is 6.04 Å². The monoisotopic (exact) mass is 460 g/mol. The van der Waals surface area contributed by atoms with E-state index in [1.54, 1.807) is 16.7 Å². The highest BCUT2D eigenvalue weighted by atomic mass is 35.5. The number of carbonyl (C=O) groups excluding carboxylic acids is 2. The maximum absolute atomic E-state index is 13.2. The molecule has 0 aliphatic heterocycles. The summed E-state index contributed by atoms with van der Waals surface area (Å²) >= 11 is 7.51. The van der Waals surface area contributed by atoms with Crippen molar-refractivity contribution in [1.82, 2.24) is 10.2 Å². The first-order valence-electron chi connectivity index (χ1n) is 10.9. The van der Waals surface area contributed by atoms with Crippen LogP contribution in [0.15, 0.2) is 48.5 Å². The summed E-state index contributed by atoms with van der Waals surface area (Å²) in [6.07, 6.45) is 2.53. The average Bonchev–Trinajstić information content (AvgIpc) is 2.76. The van der Waals surface area contributed by atoms with Crippen LogP contribution in [0.25, 0.3) is 0 Å². The second kappa shape index (κ2) is 13.4. The van der Waals surface area contributed by atoms with Crippen molar-refractivity contribution in [3.8, 4) is 0 Å². The highest BCUT2D eigenvalue weighted by molar-refractivity contribution is 7.99. The van der Waals surface area contributed by atoms with Crippen molar-refractivity contribution in [2.24, 2.45) is 0 Å². The van der Waals surface area contributed by atoms with Crippen molar-refractivity contribution in [1.29, 1.82) is 0 Å². The summed E-state index contributed by atoms with van der Waals surface area (Å²) in [7, 11) is 0. The number of rotatable bonds is 12. The van der Waals surface area contributed by atoms with Crippen LogP contribution in [-0.4, -0.2) is 35.1 Å². The van der Waals surface area contributed by atoms with Gasteiger partial charge in [-0.15, -0.1) is 11.8 Å².